The number of carbonyl (C=O) groups excluding carboxylic acids is 1. The number of hydrogen-bond acceptors (Lipinski definition) is 4. The van der Waals surface area contributed by atoms with Gasteiger partial charge in [-0.25, -0.2) is 4.98 Å². The molecule has 1 heterocycles. The van der Waals surface area contributed by atoms with E-state index in [1.807, 2.05) is 67.6 Å². The van der Waals surface area contributed by atoms with Crippen LogP contribution in [0.4, 0.5) is 0 Å². The number of ether oxygens (including phenoxy) is 1. The quantitative estimate of drug-likeness (QED) is 0.267. The molecule has 0 bridgehead atoms. The summed E-state index contributed by atoms with van der Waals surface area (Å²) in [6.45, 7) is 2.61. The van der Waals surface area contributed by atoms with Crippen LogP contribution in [0.2, 0.25) is 0 Å². The van der Waals surface area contributed by atoms with Crippen LogP contribution in [-0.2, 0) is 4.79 Å². The Morgan fingerprint density at radius 2 is 1.87 bits per heavy atom. The summed E-state index contributed by atoms with van der Waals surface area (Å²) in [5.41, 5.74) is 2.21. The van der Waals surface area contributed by atoms with Crippen molar-refractivity contribution < 1.29 is 9.53 Å². The van der Waals surface area contributed by atoms with Crippen LogP contribution in [0.5, 0.6) is 5.75 Å². The Labute approximate surface area is 190 Å². The van der Waals surface area contributed by atoms with Crippen LogP contribution in [0.25, 0.3) is 6.08 Å². The van der Waals surface area contributed by atoms with Gasteiger partial charge in [0.25, 0.3) is 5.91 Å². The number of nitrogens with zero attached hydrogens (tertiary/aromatic N) is 2. The largest absolute Gasteiger partial charge is 0.493 e. The average molecular weight is 476 g/mol. The van der Waals surface area contributed by atoms with E-state index in [4.69, 9.17) is 4.74 Å². The number of rotatable bonds is 8. The van der Waals surface area contributed by atoms with Gasteiger partial charge in [0.05, 0.1) is 18.3 Å². The van der Waals surface area contributed by atoms with E-state index in [1.165, 1.54) is 6.08 Å². The Morgan fingerprint density at radius 3 is 2.58 bits per heavy atom. The second kappa shape index (κ2) is 11.1. The van der Waals surface area contributed by atoms with Crippen LogP contribution < -0.4 is 10.1 Å². The van der Waals surface area contributed by atoms with Crippen molar-refractivity contribution >= 4 is 27.9 Å². The van der Waals surface area contributed by atoms with E-state index in [9.17, 15) is 10.1 Å². The van der Waals surface area contributed by atoms with Crippen molar-refractivity contribution in [2.45, 2.75) is 19.4 Å². The Bertz CT molecular complexity index is 1110. The summed E-state index contributed by atoms with van der Waals surface area (Å²) in [6, 6.07) is 24.1. The summed E-state index contributed by atoms with van der Waals surface area (Å²) in [5.74, 6) is 0.220. The van der Waals surface area contributed by atoms with Gasteiger partial charge < -0.3 is 10.1 Å². The first-order valence-corrected chi connectivity index (χ1v) is 10.7. The van der Waals surface area contributed by atoms with Crippen molar-refractivity contribution in [2.24, 2.45) is 0 Å². The van der Waals surface area contributed by atoms with Gasteiger partial charge in [0, 0.05) is 5.56 Å². The fraction of sp³-hybridized carbons (Fsp3) is 0.160. The number of amides is 1. The Balaban J connectivity index is 1.96. The molecule has 6 heteroatoms. The molecular weight excluding hydrogens is 454 g/mol. The highest BCUT2D eigenvalue weighted by Crippen LogP contribution is 2.30. The molecule has 0 aliphatic carbocycles. The molecule has 1 aromatic heterocycles. The molecule has 0 saturated heterocycles. The number of nitriles is 1. The molecule has 1 amide bonds. The lowest BCUT2D eigenvalue weighted by atomic mass is 9.97. The first-order chi connectivity index (χ1) is 15.1. The lowest BCUT2D eigenvalue weighted by Gasteiger charge is -2.22. The highest BCUT2D eigenvalue weighted by atomic mass is 79.9. The predicted octanol–water partition coefficient (Wildman–Crippen LogP) is 5.45. The summed E-state index contributed by atoms with van der Waals surface area (Å²) in [4.78, 5) is 17.3. The number of nitrogens with one attached hydrogen (secondary N) is 1. The van der Waals surface area contributed by atoms with Gasteiger partial charge in [-0.3, -0.25) is 4.79 Å². The molecule has 0 radical (unpaired) electrons. The number of para-hydroxylation sites is 1. The molecule has 3 aromatic rings. The third kappa shape index (κ3) is 6.03. The van der Waals surface area contributed by atoms with Crippen molar-refractivity contribution in [3.05, 3.63) is 99.8 Å². The van der Waals surface area contributed by atoms with E-state index >= 15 is 0 Å². The summed E-state index contributed by atoms with van der Waals surface area (Å²) in [5, 5.41) is 12.6. The molecule has 0 saturated carbocycles. The van der Waals surface area contributed by atoms with Crippen molar-refractivity contribution in [1.82, 2.24) is 10.3 Å². The number of carbonyl (C=O) groups is 1. The maximum absolute atomic E-state index is 13.1. The van der Waals surface area contributed by atoms with Gasteiger partial charge in [-0.15, -0.1) is 0 Å². The molecule has 5 nitrogen and oxygen atoms in total. The molecule has 31 heavy (non-hydrogen) atoms. The van der Waals surface area contributed by atoms with Gasteiger partial charge >= 0.3 is 0 Å². The standard InChI is InChI=1S/C25H22BrN3O2/c1-2-15-31-22-13-7-6-12-21(22)24(18-9-4-3-5-10-18)29-25(30)19(17-27)16-20-11-8-14-23(26)28-20/h3-14,16,24H,2,15H2,1H3,(H,29,30)/b19-16+. The molecule has 3 rings (SSSR count). The van der Waals surface area contributed by atoms with Crippen LogP contribution >= 0.6 is 15.9 Å². The lowest BCUT2D eigenvalue weighted by Crippen LogP contribution is -2.30. The van der Waals surface area contributed by atoms with Crippen LogP contribution in [0.15, 0.2) is 83.0 Å². The predicted molar refractivity (Wildman–Crippen MR) is 124 cm³/mol. The number of hydrogen-bond donors (Lipinski definition) is 1. The van der Waals surface area contributed by atoms with Crippen LogP contribution in [0, 0.1) is 11.3 Å². The molecule has 0 aliphatic heterocycles. The molecule has 0 spiro atoms. The third-order valence-electron chi connectivity index (χ3n) is 4.49. The number of benzene rings is 2. The summed E-state index contributed by atoms with van der Waals surface area (Å²) < 4.78 is 6.55. The summed E-state index contributed by atoms with van der Waals surface area (Å²) in [7, 11) is 0. The van der Waals surface area contributed by atoms with Crippen LogP contribution in [-0.4, -0.2) is 17.5 Å². The number of halogens is 1. The fourth-order valence-corrected chi connectivity index (χ4v) is 3.42. The minimum atomic E-state index is -0.483. The number of aromatic nitrogens is 1. The SMILES string of the molecule is CCCOc1ccccc1C(NC(=O)/C(C#N)=C/c1cccc(Br)n1)c1ccccc1. The zero-order chi connectivity index (χ0) is 22.1. The van der Waals surface area contributed by atoms with E-state index in [1.54, 1.807) is 18.2 Å². The molecule has 2 aromatic carbocycles. The summed E-state index contributed by atoms with van der Waals surface area (Å²) in [6.07, 6.45) is 2.35. The van der Waals surface area contributed by atoms with Gasteiger partial charge in [0.1, 0.15) is 22.0 Å². The van der Waals surface area contributed by atoms with Gasteiger partial charge in [-0.05, 0) is 52.2 Å². The molecule has 1 unspecified atom stereocenters. The molecule has 0 fully saturated rings. The molecule has 0 aliphatic rings. The van der Waals surface area contributed by atoms with Gasteiger partial charge in [-0.1, -0.05) is 61.5 Å². The minimum Gasteiger partial charge on any atom is -0.493 e. The second-order valence-electron chi connectivity index (χ2n) is 6.76. The topological polar surface area (TPSA) is 75.0 Å². The van der Waals surface area contributed by atoms with E-state index in [0.717, 1.165) is 17.5 Å². The normalized spacial score (nSPS) is 12.0. The van der Waals surface area contributed by atoms with Crippen molar-refractivity contribution in [3.8, 4) is 11.8 Å². The van der Waals surface area contributed by atoms with E-state index in [2.05, 4.69) is 26.2 Å². The smallest absolute Gasteiger partial charge is 0.262 e. The van der Waals surface area contributed by atoms with Crippen molar-refractivity contribution in [2.75, 3.05) is 6.61 Å². The van der Waals surface area contributed by atoms with Gasteiger partial charge in [0.2, 0.25) is 0 Å². The van der Waals surface area contributed by atoms with E-state index < -0.39 is 11.9 Å². The molecule has 1 atom stereocenters. The first-order valence-electron chi connectivity index (χ1n) is 9.94. The maximum Gasteiger partial charge on any atom is 0.262 e. The van der Waals surface area contributed by atoms with Crippen molar-refractivity contribution in [3.63, 3.8) is 0 Å². The van der Waals surface area contributed by atoms with Gasteiger partial charge in [0.15, 0.2) is 0 Å². The second-order valence-corrected chi connectivity index (χ2v) is 7.57. The lowest BCUT2D eigenvalue weighted by molar-refractivity contribution is -0.117. The Hall–Kier alpha value is -3.43. The first kappa shape index (κ1) is 22.3. The monoisotopic (exact) mass is 475 g/mol. The molecule has 156 valence electrons. The fourth-order valence-electron chi connectivity index (χ4n) is 3.06. The maximum atomic E-state index is 13.1. The zero-order valence-electron chi connectivity index (χ0n) is 17.1. The Morgan fingerprint density at radius 1 is 1.13 bits per heavy atom. The van der Waals surface area contributed by atoms with E-state index in [0.29, 0.717) is 22.7 Å². The molecule has 1 N–H and O–H groups in total. The molecular formula is C25H22BrN3O2. The number of pyridine rings is 1. The van der Waals surface area contributed by atoms with Crippen LogP contribution in [0.1, 0.15) is 36.2 Å². The highest BCUT2D eigenvalue weighted by Gasteiger charge is 2.22. The zero-order valence-corrected chi connectivity index (χ0v) is 18.7. The summed E-state index contributed by atoms with van der Waals surface area (Å²) >= 11 is 3.30. The third-order valence-corrected chi connectivity index (χ3v) is 4.94. The van der Waals surface area contributed by atoms with Crippen molar-refractivity contribution in [1.29, 1.82) is 5.26 Å². The van der Waals surface area contributed by atoms with Gasteiger partial charge in [-0.2, -0.15) is 5.26 Å². The Kier molecular flexibility index (Phi) is 7.97. The van der Waals surface area contributed by atoms with E-state index in [-0.39, 0.29) is 5.57 Å². The highest BCUT2D eigenvalue weighted by molar-refractivity contribution is 9.10. The minimum absolute atomic E-state index is 0.0292. The average Bonchev–Trinajstić information content (AvgIpc) is 2.80. The van der Waals surface area contributed by atoms with Crippen LogP contribution in [0.3, 0.4) is 0 Å².